The topological polar surface area (TPSA) is 101 Å². The van der Waals surface area contributed by atoms with E-state index in [0.29, 0.717) is 28.7 Å². The molecule has 0 saturated carbocycles. The predicted octanol–water partition coefficient (Wildman–Crippen LogP) is 5.59. The van der Waals surface area contributed by atoms with Crippen LogP contribution in [0.3, 0.4) is 0 Å². The highest BCUT2D eigenvalue weighted by atomic mass is 32.1. The van der Waals surface area contributed by atoms with Gasteiger partial charge in [-0.1, -0.05) is 47.6 Å². The van der Waals surface area contributed by atoms with Gasteiger partial charge in [0.25, 0.3) is 0 Å². The van der Waals surface area contributed by atoms with Crippen molar-refractivity contribution in [1.29, 1.82) is 0 Å². The SMILES string of the molecule is O=C(NCc1nc(-c2sc3c(N[C@@H]4CCNC[C@@H]4F)cccc3c2CC(F)(F)F)no1)OCc1ccccc1. The van der Waals surface area contributed by atoms with Gasteiger partial charge in [0.1, 0.15) is 19.3 Å². The third kappa shape index (κ3) is 6.66. The number of thiophene rings is 1. The Morgan fingerprint density at radius 2 is 2.00 bits per heavy atom. The van der Waals surface area contributed by atoms with Crippen molar-refractivity contribution in [1.82, 2.24) is 20.8 Å². The number of alkyl halides is 4. The third-order valence-electron chi connectivity index (χ3n) is 6.21. The van der Waals surface area contributed by atoms with Crippen LogP contribution in [0.2, 0.25) is 0 Å². The van der Waals surface area contributed by atoms with Crippen LogP contribution in [-0.2, 0) is 24.3 Å². The van der Waals surface area contributed by atoms with Crippen LogP contribution < -0.4 is 16.0 Å². The van der Waals surface area contributed by atoms with Gasteiger partial charge in [-0.25, -0.2) is 9.18 Å². The maximum Gasteiger partial charge on any atom is 0.407 e. The minimum absolute atomic E-state index is 0.00500. The zero-order valence-corrected chi connectivity index (χ0v) is 21.4. The van der Waals surface area contributed by atoms with Crippen LogP contribution in [0.4, 0.5) is 28.0 Å². The summed E-state index contributed by atoms with van der Waals surface area (Å²) in [7, 11) is 0. The summed E-state index contributed by atoms with van der Waals surface area (Å²) >= 11 is 1.08. The molecule has 5 rings (SSSR count). The van der Waals surface area contributed by atoms with Gasteiger partial charge in [-0.15, -0.1) is 11.3 Å². The van der Waals surface area contributed by atoms with E-state index in [9.17, 15) is 22.4 Å². The number of piperidine rings is 1. The van der Waals surface area contributed by atoms with Crippen LogP contribution in [-0.4, -0.2) is 47.7 Å². The van der Waals surface area contributed by atoms with Gasteiger partial charge in [-0.05, 0) is 35.5 Å². The lowest BCUT2D eigenvalue weighted by atomic mass is 10.0. The fourth-order valence-corrected chi connectivity index (χ4v) is 5.59. The van der Waals surface area contributed by atoms with Crippen molar-refractivity contribution in [2.75, 3.05) is 18.4 Å². The average molecular weight is 564 g/mol. The summed E-state index contributed by atoms with van der Waals surface area (Å²) in [5.74, 6) is -0.0218. The maximum atomic E-state index is 14.4. The van der Waals surface area contributed by atoms with E-state index in [4.69, 9.17) is 9.26 Å². The molecule has 8 nitrogen and oxygen atoms in total. The molecule has 1 aliphatic rings. The Balaban J connectivity index is 1.35. The van der Waals surface area contributed by atoms with Crippen LogP contribution in [0.25, 0.3) is 20.8 Å². The number of anilines is 1. The Labute approximate surface area is 224 Å². The van der Waals surface area contributed by atoms with E-state index in [1.807, 2.05) is 30.3 Å². The number of benzene rings is 2. The number of rotatable bonds is 8. The van der Waals surface area contributed by atoms with Gasteiger partial charge in [-0.2, -0.15) is 18.2 Å². The van der Waals surface area contributed by atoms with Crippen molar-refractivity contribution < 1.29 is 31.6 Å². The number of carbonyl (C=O) groups excluding carboxylic acids is 1. The number of hydrogen-bond acceptors (Lipinski definition) is 8. The molecule has 1 fully saturated rings. The van der Waals surface area contributed by atoms with Crippen LogP contribution >= 0.6 is 11.3 Å². The minimum Gasteiger partial charge on any atom is -0.445 e. The van der Waals surface area contributed by atoms with E-state index < -0.39 is 30.9 Å². The van der Waals surface area contributed by atoms with Gasteiger partial charge < -0.3 is 25.2 Å². The Hall–Kier alpha value is -3.71. The number of carbonyl (C=O) groups is 1. The Kier molecular flexibility index (Phi) is 7.98. The van der Waals surface area contributed by atoms with E-state index in [-0.39, 0.29) is 41.9 Å². The van der Waals surface area contributed by atoms with E-state index in [1.165, 1.54) is 0 Å². The Morgan fingerprint density at radius 3 is 2.77 bits per heavy atom. The first-order valence-corrected chi connectivity index (χ1v) is 13.1. The highest BCUT2D eigenvalue weighted by Gasteiger charge is 2.33. The number of nitrogens with zero attached hydrogens (tertiary/aromatic N) is 2. The Morgan fingerprint density at radius 1 is 1.18 bits per heavy atom. The number of alkyl carbamates (subject to hydrolysis) is 1. The summed E-state index contributed by atoms with van der Waals surface area (Å²) in [6.45, 7) is 0.756. The molecule has 4 aromatic rings. The molecule has 1 saturated heterocycles. The average Bonchev–Trinajstić information content (AvgIpc) is 3.53. The number of ether oxygens (including phenoxy) is 1. The van der Waals surface area contributed by atoms with Crippen molar-refractivity contribution >= 4 is 33.2 Å². The smallest absolute Gasteiger partial charge is 0.407 e. The minimum atomic E-state index is -4.48. The van der Waals surface area contributed by atoms with Gasteiger partial charge in [-0.3, -0.25) is 0 Å². The lowest BCUT2D eigenvalue weighted by molar-refractivity contribution is -0.126. The molecule has 2 aromatic heterocycles. The van der Waals surface area contributed by atoms with Crippen molar-refractivity contribution in [2.24, 2.45) is 0 Å². The number of fused-ring (bicyclic) bond motifs is 1. The molecule has 13 heteroatoms. The monoisotopic (exact) mass is 563 g/mol. The predicted molar refractivity (Wildman–Crippen MR) is 138 cm³/mol. The zero-order valence-electron chi connectivity index (χ0n) is 20.6. The van der Waals surface area contributed by atoms with Crippen LogP contribution in [0, 0.1) is 0 Å². The molecule has 39 heavy (non-hydrogen) atoms. The van der Waals surface area contributed by atoms with E-state index in [2.05, 4.69) is 26.1 Å². The molecule has 2 atom stereocenters. The largest absolute Gasteiger partial charge is 0.445 e. The van der Waals surface area contributed by atoms with Gasteiger partial charge in [0, 0.05) is 6.54 Å². The lowest BCUT2D eigenvalue weighted by Crippen LogP contribution is -2.45. The van der Waals surface area contributed by atoms with Gasteiger partial charge in [0.05, 0.1) is 27.7 Å². The number of halogens is 4. The number of amides is 1. The third-order valence-corrected chi connectivity index (χ3v) is 7.49. The summed E-state index contributed by atoms with van der Waals surface area (Å²) < 4.78 is 66.1. The summed E-state index contributed by atoms with van der Waals surface area (Å²) in [6.07, 6.45) is -6.98. The van der Waals surface area contributed by atoms with Crippen molar-refractivity contribution in [3.05, 3.63) is 65.5 Å². The first kappa shape index (κ1) is 26.9. The molecule has 206 valence electrons. The first-order valence-electron chi connectivity index (χ1n) is 12.3. The van der Waals surface area contributed by atoms with Gasteiger partial charge >= 0.3 is 12.3 Å². The molecule has 1 aliphatic heterocycles. The molecule has 0 unspecified atom stereocenters. The fourth-order valence-electron chi connectivity index (χ4n) is 4.36. The summed E-state index contributed by atoms with van der Waals surface area (Å²) in [5.41, 5.74) is 1.37. The van der Waals surface area contributed by atoms with E-state index in [1.54, 1.807) is 18.2 Å². The van der Waals surface area contributed by atoms with Gasteiger partial charge in [0.2, 0.25) is 11.7 Å². The van der Waals surface area contributed by atoms with E-state index >= 15 is 0 Å². The number of hydrogen-bond donors (Lipinski definition) is 3. The van der Waals surface area contributed by atoms with Gasteiger partial charge in [0.15, 0.2) is 0 Å². The second-order valence-electron chi connectivity index (χ2n) is 9.07. The normalized spacial score (nSPS) is 17.7. The maximum absolute atomic E-state index is 14.4. The number of nitrogens with one attached hydrogen (secondary N) is 3. The molecule has 0 bridgehead atoms. The lowest BCUT2D eigenvalue weighted by Gasteiger charge is -2.28. The first-order chi connectivity index (χ1) is 18.8. The second kappa shape index (κ2) is 11.6. The summed E-state index contributed by atoms with van der Waals surface area (Å²) in [6, 6.07) is 13.6. The zero-order chi connectivity index (χ0) is 27.4. The van der Waals surface area contributed by atoms with Crippen LogP contribution in [0.5, 0.6) is 0 Å². The molecule has 0 aliphatic carbocycles. The molecule has 3 heterocycles. The van der Waals surface area contributed by atoms with Crippen molar-refractivity contribution in [3.8, 4) is 10.7 Å². The standard InChI is InChI=1S/C26H25F4N5O3S/c27-18-12-31-10-9-19(18)33-20-8-4-7-16-17(11-26(28,29)30)23(39-22(16)20)24-34-21(38-35-24)13-32-25(36)37-14-15-5-2-1-3-6-15/h1-8,18-19,31,33H,9-14H2,(H,32,36)/t18-,19+/m0/s1. The van der Waals surface area contributed by atoms with Crippen molar-refractivity contribution in [2.45, 2.75) is 44.4 Å². The molecule has 0 spiro atoms. The van der Waals surface area contributed by atoms with Crippen LogP contribution in [0.15, 0.2) is 53.1 Å². The quantitative estimate of drug-likeness (QED) is 0.240. The highest BCUT2D eigenvalue weighted by molar-refractivity contribution is 7.23. The molecule has 2 aromatic carbocycles. The fraction of sp³-hybridized carbons (Fsp3) is 0.346. The Bertz CT molecular complexity index is 1430. The molecular formula is C26H25F4N5O3S. The summed E-state index contributed by atoms with van der Waals surface area (Å²) in [4.78, 5) is 16.5. The molecule has 3 N–H and O–H groups in total. The molecular weight excluding hydrogens is 538 g/mol. The highest BCUT2D eigenvalue weighted by Crippen LogP contribution is 2.43. The second-order valence-corrected chi connectivity index (χ2v) is 10.1. The van der Waals surface area contributed by atoms with E-state index in [0.717, 1.165) is 16.9 Å². The molecule has 1 amide bonds. The molecule has 0 radical (unpaired) electrons. The number of aromatic nitrogens is 2. The summed E-state index contributed by atoms with van der Waals surface area (Å²) in [5, 5.41) is 12.9. The van der Waals surface area contributed by atoms with Crippen LogP contribution in [0.1, 0.15) is 23.4 Å². The van der Waals surface area contributed by atoms with Crippen molar-refractivity contribution in [3.63, 3.8) is 0 Å².